The molecule has 0 aliphatic carbocycles. The number of carboxylic acid groups (broad SMARTS) is 1. The van der Waals surface area contributed by atoms with Gasteiger partial charge in [0.25, 0.3) is 0 Å². The topological polar surface area (TPSA) is 69.6 Å². The fraction of sp³-hybridized carbons (Fsp3) is 0.385. The fourth-order valence-electron chi connectivity index (χ4n) is 1.56. The maximum Gasteiger partial charge on any atom is 0.337 e. The van der Waals surface area contributed by atoms with Gasteiger partial charge in [0, 0.05) is 23.9 Å². The fourth-order valence-corrected chi connectivity index (χ4v) is 2.44. The van der Waals surface area contributed by atoms with Crippen molar-refractivity contribution in [3.8, 4) is 0 Å². The van der Waals surface area contributed by atoms with Crippen LogP contribution in [0.3, 0.4) is 0 Å². The number of carbonyl (C=O) groups excluding carboxylic acids is 1. The molecule has 0 saturated carbocycles. The van der Waals surface area contributed by atoms with Crippen molar-refractivity contribution >= 4 is 41.1 Å². The number of carboxylic acids is 1. The number of benzene rings is 1. The van der Waals surface area contributed by atoms with Crippen molar-refractivity contribution in [2.45, 2.75) is 13.0 Å². The van der Waals surface area contributed by atoms with E-state index in [1.165, 1.54) is 23.1 Å². The average molecular weight is 317 g/mol. The number of nitrogens with one attached hydrogen (secondary N) is 1. The molecule has 0 spiro atoms. The number of halogens is 1. The minimum Gasteiger partial charge on any atom is -0.478 e. The first-order chi connectivity index (χ1) is 9.36. The Morgan fingerprint density at radius 3 is 2.70 bits per heavy atom. The highest BCUT2D eigenvalue weighted by Crippen LogP contribution is 2.21. The number of aromatic carboxylic acids is 1. The van der Waals surface area contributed by atoms with Crippen LogP contribution < -0.4 is 5.32 Å². The molecular weight excluding hydrogens is 300 g/mol. The van der Waals surface area contributed by atoms with Gasteiger partial charge in [-0.3, -0.25) is 0 Å². The monoisotopic (exact) mass is 316 g/mol. The second kappa shape index (κ2) is 7.40. The van der Waals surface area contributed by atoms with Crippen LogP contribution in [0.5, 0.6) is 0 Å². The number of thioether (sulfide) groups is 1. The highest BCUT2D eigenvalue weighted by Gasteiger charge is 2.18. The van der Waals surface area contributed by atoms with Gasteiger partial charge in [0.2, 0.25) is 0 Å². The van der Waals surface area contributed by atoms with Crippen molar-refractivity contribution in [3.05, 3.63) is 28.8 Å². The first kappa shape index (κ1) is 16.7. The molecule has 0 saturated heterocycles. The summed E-state index contributed by atoms with van der Waals surface area (Å²) in [7, 11) is 1.67. The minimum atomic E-state index is -1.11. The number of hydrogen-bond acceptors (Lipinski definition) is 3. The van der Waals surface area contributed by atoms with Gasteiger partial charge in [-0.15, -0.1) is 0 Å². The number of anilines is 1. The molecule has 0 fully saturated rings. The molecule has 0 bridgehead atoms. The molecule has 20 heavy (non-hydrogen) atoms. The number of urea groups is 1. The van der Waals surface area contributed by atoms with Gasteiger partial charge in [-0.2, -0.15) is 11.8 Å². The van der Waals surface area contributed by atoms with E-state index in [0.717, 1.165) is 5.75 Å². The van der Waals surface area contributed by atoms with Gasteiger partial charge in [0.05, 0.1) is 11.3 Å². The van der Waals surface area contributed by atoms with E-state index in [2.05, 4.69) is 5.32 Å². The molecule has 7 heteroatoms. The Labute approximate surface area is 127 Å². The van der Waals surface area contributed by atoms with Crippen LogP contribution in [0, 0.1) is 0 Å². The van der Waals surface area contributed by atoms with Crippen molar-refractivity contribution in [1.82, 2.24) is 4.90 Å². The lowest BCUT2D eigenvalue weighted by molar-refractivity contribution is 0.0698. The van der Waals surface area contributed by atoms with Crippen LogP contribution in [-0.2, 0) is 0 Å². The summed E-state index contributed by atoms with van der Waals surface area (Å²) >= 11 is 7.47. The van der Waals surface area contributed by atoms with Crippen LogP contribution >= 0.6 is 23.4 Å². The highest BCUT2D eigenvalue weighted by molar-refractivity contribution is 7.98. The lowest BCUT2D eigenvalue weighted by Crippen LogP contribution is -2.39. The largest absolute Gasteiger partial charge is 0.478 e. The van der Waals surface area contributed by atoms with Crippen LogP contribution in [-0.4, -0.2) is 47.1 Å². The van der Waals surface area contributed by atoms with Gasteiger partial charge in [-0.25, -0.2) is 9.59 Å². The normalized spacial score (nSPS) is 11.8. The second-order valence-corrected chi connectivity index (χ2v) is 5.69. The molecule has 0 aromatic heterocycles. The van der Waals surface area contributed by atoms with E-state index in [4.69, 9.17) is 16.7 Å². The van der Waals surface area contributed by atoms with Crippen LogP contribution in [0.2, 0.25) is 5.02 Å². The first-order valence-corrected chi connectivity index (χ1v) is 7.69. The zero-order chi connectivity index (χ0) is 15.3. The van der Waals surface area contributed by atoms with Gasteiger partial charge >= 0.3 is 12.0 Å². The molecule has 1 aromatic carbocycles. The molecular formula is C13H17ClN2O3S. The van der Waals surface area contributed by atoms with E-state index < -0.39 is 5.97 Å². The van der Waals surface area contributed by atoms with Gasteiger partial charge in [-0.05, 0) is 31.4 Å². The predicted molar refractivity (Wildman–Crippen MR) is 83.0 cm³/mol. The van der Waals surface area contributed by atoms with E-state index in [1.54, 1.807) is 18.8 Å². The summed E-state index contributed by atoms with van der Waals surface area (Å²) in [5.74, 6) is -0.317. The molecule has 1 aromatic rings. The SMILES string of the molecule is CSCC(C)N(C)C(=O)Nc1cc(Cl)ccc1C(=O)O. The van der Waals surface area contributed by atoms with Crippen molar-refractivity contribution in [3.63, 3.8) is 0 Å². The maximum absolute atomic E-state index is 12.1. The molecule has 2 N–H and O–H groups in total. The standard InChI is InChI=1S/C13H17ClN2O3S/c1-8(7-20-3)16(2)13(19)15-11-6-9(14)4-5-10(11)12(17)18/h4-6,8H,7H2,1-3H3,(H,15,19)(H,17,18). The van der Waals surface area contributed by atoms with Crippen LogP contribution in [0.15, 0.2) is 18.2 Å². The second-order valence-electron chi connectivity index (χ2n) is 4.34. The van der Waals surface area contributed by atoms with E-state index in [0.29, 0.717) is 5.02 Å². The van der Waals surface area contributed by atoms with E-state index in [9.17, 15) is 9.59 Å². The Bertz CT molecular complexity index is 510. The summed E-state index contributed by atoms with van der Waals surface area (Å²) < 4.78 is 0. The molecule has 0 radical (unpaired) electrons. The molecule has 1 rings (SSSR count). The summed E-state index contributed by atoms with van der Waals surface area (Å²) in [5.41, 5.74) is 0.201. The zero-order valence-electron chi connectivity index (χ0n) is 11.5. The minimum absolute atomic E-state index is 0.00803. The number of amides is 2. The molecule has 110 valence electrons. The average Bonchev–Trinajstić information content (AvgIpc) is 2.37. The molecule has 0 heterocycles. The molecule has 0 aliphatic rings. The Morgan fingerprint density at radius 2 is 2.15 bits per heavy atom. The van der Waals surface area contributed by atoms with Crippen molar-refractivity contribution in [1.29, 1.82) is 0 Å². The van der Waals surface area contributed by atoms with Crippen molar-refractivity contribution < 1.29 is 14.7 Å². The Morgan fingerprint density at radius 1 is 1.50 bits per heavy atom. The Kier molecular flexibility index (Phi) is 6.16. The Balaban J connectivity index is 2.90. The quantitative estimate of drug-likeness (QED) is 0.875. The summed E-state index contributed by atoms with van der Waals surface area (Å²) in [5, 5.41) is 12.0. The third-order valence-electron chi connectivity index (χ3n) is 2.84. The summed E-state index contributed by atoms with van der Waals surface area (Å²) in [6.45, 7) is 1.92. The lowest BCUT2D eigenvalue weighted by Gasteiger charge is -2.25. The van der Waals surface area contributed by atoms with Gasteiger partial charge < -0.3 is 15.3 Å². The van der Waals surface area contributed by atoms with Crippen molar-refractivity contribution in [2.24, 2.45) is 0 Å². The van der Waals surface area contributed by atoms with Crippen LogP contribution in [0.4, 0.5) is 10.5 Å². The van der Waals surface area contributed by atoms with Gasteiger partial charge in [-0.1, -0.05) is 11.6 Å². The molecule has 1 unspecified atom stereocenters. The van der Waals surface area contributed by atoms with Crippen LogP contribution in [0.1, 0.15) is 17.3 Å². The summed E-state index contributed by atoms with van der Waals surface area (Å²) in [4.78, 5) is 24.7. The molecule has 2 amide bonds. The summed E-state index contributed by atoms with van der Waals surface area (Å²) in [6.07, 6.45) is 1.96. The third kappa shape index (κ3) is 4.31. The van der Waals surface area contributed by atoms with Crippen molar-refractivity contribution in [2.75, 3.05) is 24.4 Å². The number of hydrogen-bond donors (Lipinski definition) is 2. The third-order valence-corrected chi connectivity index (χ3v) is 3.89. The molecule has 5 nitrogen and oxygen atoms in total. The number of rotatable bonds is 5. The van der Waals surface area contributed by atoms with Crippen LogP contribution in [0.25, 0.3) is 0 Å². The lowest BCUT2D eigenvalue weighted by atomic mass is 10.2. The Hall–Kier alpha value is -1.40. The van der Waals surface area contributed by atoms with Gasteiger partial charge in [0.1, 0.15) is 0 Å². The smallest absolute Gasteiger partial charge is 0.337 e. The highest BCUT2D eigenvalue weighted by atomic mass is 35.5. The van der Waals surface area contributed by atoms with E-state index in [1.807, 2.05) is 13.2 Å². The van der Waals surface area contributed by atoms with E-state index >= 15 is 0 Å². The maximum atomic E-state index is 12.1. The van der Waals surface area contributed by atoms with E-state index in [-0.39, 0.29) is 23.3 Å². The summed E-state index contributed by atoms with van der Waals surface area (Å²) in [6, 6.07) is 3.94. The van der Waals surface area contributed by atoms with Gasteiger partial charge in [0.15, 0.2) is 0 Å². The first-order valence-electron chi connectivity index (χ1n) is 5.92. The number of nitrogens with zero attached hydrogens (tertiary/aromatic N) is 1. The zero-order valence-corrected chi connectivity index (χ0v) is 13.1. The molecule has 0 aliphatic heterocycles. The molecule has 1 atom stereocenters. The number of carbonyl (C=O) groups is 2. The predicted octanol–water partition coefficient (Wildman–Crippen LogP) is 3.25.